The summed E-state index contributed by atoms with van der Waals surface area (Å²) in [6.07, 6.45) is 7.55. The highest BCUT2D eigenvalue weighted by atomic mass is 16.4. The number of nitrogens with one attached hydrogen (secondary N) is 1. The van der Waals surface area contributed by atoms with E-state index in [-0.39, 0.29) is 6.04 Å². The Labute approximate surface area is 115 Å². The van der Waals surface area contributed by atoms with Crippen molar-refractivity contribution in [3.05, 3.63) is 5.89 Å². The van der Waals surface area contributed by atoms with Gasteiger partial charge in [-0.25, -0.2) is 0 Å². The first-order chi connectivity index (χ1) is 9.22. The zero-order valence-corrected chi connectivity index (χ0v) is 12.4. The maximum absolute atomic E-state index is 5.80. The molecular formula is C14H26N4O. The lowest BCUT2D eigenvalue weighted by Gasteiger charge is -2.29. The second-order valence-electron chi connectivity index (χ2n) is 5.50. The average Bonchev–Trinajstić information content (AvgIpc) is 2.94. The van der Waals surface area contributed by atoms with E-state index in [2.05, 4.69) is 41.3 Å². The molecule has 0 aliphatic heterocycles. The van der Waals surface area contributed by atoms with E-state index >= 15 is 0 Å². The van der Waals surface area contributed by atoms with E-state index in [0.717, 1.165) is 13.0 Å². The molecule has 1 aliphatic carbocycles. The van der Waals surface area contributed by atoms with Crippen LogP contribution >= 0.6 is 0 Å². The fourth-order valence-electron chi connectivity index (χ4n) is 2.62. The molecular weight excluding hydrogens is 240 g/mol. The molecule has 0 radical (unpaired) electrons. The van der Waals surface area contributed by atoms with Gasteiger partial charge < -0.3 is 14.6 Å². The molecule has 5 nitrogen and oxygen atoms in total. The second-order valence-corrected chi connectivity index (χ2v) is 5.50. The zero-order valence-electron chi connectivity index (χ0n) is 12.4. The van der Waals surface area contributed by atoms with Gasteiger partial charge in [0.15, 0.2) is 0 Å². The molecule has 0 spiro atoms. The van der Waals surface area contributed by atoms with Crippen molar-refractivity contribution in [1.82, 2.24) is 15.5 Å². The molecule has 0 bridgehead atoms. The molecule has 1 heterocycles. The van der Waals surface area contributed by atoms with E-state index in [1.165, 1.54) is 32.1 Å². The molecule has 0 amide bonds. The van der Waals surface area contributed by atoms with Gasteiger partial charge >= 0.3 is 6.01 Å². The molecule has 108 valence electrons. The lowest BCUT2D eigenvalue weighted by atomic mass is 9.95. The van der Waals surface area contributed by atoms with Crippen molar-refractivity contribution in [2.75, 3.05) is 18.5 Å². The molecule has 0 saturated heterocycles. The molecule has 1 N–H and O–H groups in total. The van der Waals surface area contributed by atoms with Crippen LogP contribution in [0.25, 0.3) is 0 Å². The van der Waals surface area contributed by atoms with Crippen LogP contribution in [0.1, 0.15) is 64.3 Å². The summed E-state index contributed by atoms with van der Waals surface area (Å²) in [6, 6.07) is 1.34. The van der Waals surface area contributed by atoms with Crippen LogP contribution in [-0.4, -0.2) is 29.8 Å². The van der Waals surface area contributed by atoms with Gasteiger partial charge in [-0.3, -0.25) is 0 Å². The smallest absolute Gasteiger partial charge is 0.318 e. The largest absolute Gasteiger partial charge is 0.406 e. The van der Waals surface area contributed by atoms with Gasteiger partial charge in [0.25, 0.3) is 0 Å². The fourth-order valence-corrected chi connectivity index (χ4v) is 2.62. The van der Waals surface area contributed by atoms with Crippen LogP contribution in [0.15, 0.2) is 4.42 Å². The molecule has 1 aliphatic rings. The summed E-state index contributed by atoms with van der Waals surface area (Å²) in [5.41, 5.74) is 0. The van der Waals surface area contributed by atoms with E-state index in [9.17, 15) is 0 Å². The predicted octanol–water partition coefficient (Wildman–Crippen LogP) is 2.90. The highest BCUT2D eigenvalue weighted by Crippen LogP contribution is 2.26. The van der Waals surface area contributed by atoms with E-state index in [0.29, 0.717) is 17.9 Å². The predicted molar refractivity (Wildman–Crippen MR) is 76.3 cm³/mol. The molecule has 1 saturated carbocycles. The number of anilines is 1. The Morgan fingerprint density at radius 1 is 1.32 bits per heavy atom. The van der Waals surface area contributed by atoms with Crippen LogP contribution in [0.4, 0.5) is 6.01 Å². The van der Waals surface area contributed by atoms with Crippen LogP contribution < -0.4 is 10.2 Å². The second kappa shape index (κ2) is 6.89. The highest BCUT2D eigenvalue weighted by Gasteiger charge is 2.23. The van der Waals surface area contributed by atoms with E-state index in [4.69, 9.17) is 4.42 Å². The molecule has 1 atom stereocenters. The average molecular weight is 266 g/mol. The van der Waals surface area contributed by atoms with Gasteiger partial charge in [-0.2, -0.15) is 0 Å². The number of hydrogen-bond acceptors (Lipinski definition) is 5. The Balaban J connectivity index is 1.95. The van der Waals surface area contributed by atoms with Crippen molar-refractivity contribution in [2.45, 2.75) is 64.5 Å². The Morgan fingerprint density at radius 2 is 2.05 bits per heavy atom. The summed E-state index contributed by atoms with van der Waals surface area (Å²) >= 11 is 0. The minimum Gasteiger partial charge on any atom is -0.406 e. The topological polar surface area (TPSA) is 54.2 Å². The van der Waals surface area contributed by atoms with Crippen molar-refractivity contribution in [3.63, 3.8) is 0 Å². The van der Waals surface area contributed by atoms with Crippen molar-refractivity contribution < 1.29 is 4.42 Å². The van der Waals surface area contributed by atoms with Gasteiger partial charge in [0.05, 0.1) is 6.04 Å². The van der Waals surface area contributed by atoms with Gasteiger partial charge in [-0.15, -0.1) is 5.10 Å². The number of hydrogen-bond donors (Lipinski definition) is 1. The van der Waals surface area contributed by atoms with Gasteiger partial charge in [-0.05, 0) is 32.7 Å². The normalized spacial score (nSPS) is 18.5. The third-order valence-electron chi connectivity index (χ3n) is 3.93. The molecule has 1 aromatic heterocycles. The standard InChI is InChI=1S/C14H26N4O/c1-4-10-15-11(2)13-16-17-14(19-13)18(3)12-8-6-5-7-9-12/h11-12,15H,4-10H2,1-3H3. The van der Waals surface area contributed by atoms with E-state index in [1.807, 2.05) is 0 Å². The number of rotatable bonds is 6. The van der Waals surface area contributed by atoms with Crippen LogP contribution in [0, 0.1) is 0 Å². The molecule has 0 aromatic carbocycles. The molecule has 19 heavy (non-hydrogen) atoms. The Bertz CT molecular complexity index is 373. The Kier molecular flexibility index (Phi) is 5.19. The van der Waals surface area contributed by atoms with Gasteiger partial charge in [0.2, 0.25) is 5.89 Å². The zero-order chi connectivity index (χ0) is 13.7. The quantitative estimate of drug-likeness (QED) is 0.858. The van der Waals surface area contributed by atoms with Gasteiger partial charge in [0, 0.05) is 13.1 Å². The summed E-state index contributed by atoms with van der Waals surface area (Å²) < 4.78 is 5.80. The molecule has 1 aromatic rings. The van der Waals surface area contributed by atoms with Crippen LogP contribution in [-0.2, 0) is 0 Å². The maximum Gasteiger partial charge on any atom is 0.318 e. The monoisotopic (exact) mass is 266 g/mol. The first kappa shape index (κ1) is 14.3. The first-order valence-corrected chi connectivity index (χ1v) is 7.52. The molecule has 2 rings (SSSR count). The van der Waals surface area contributed by atoms with Gasteiger partial charge in [-0.1, -0.05) is 31.3 Å². The summed E-state index contributed by atoms with van der Waals surface area (Å²) in [6.45, 7) is 5.18. The molecule has 5 heteroatoms. The highest BCUT2D eigenvalue weighted by molar-refractivity contribution is 5.25. The summed E-state index contributed by atoms with van der Waals surface area (Å²) in [5, 5.41) is 11.7. The summed E-state index contributed by atoms with van der Waals surface area (Å²) in [5.74, 6) is 0.686. The minimum atomic E-state index is 0.126. The van der Waals surface area contributed by atoms with Crippen LogP contribution in [0.5, 0.6) is 0 Å². The fraction of sp³-hybridized carbons (Fsp3) is 0.857. The third-order valence-corrected chi connectivity index (χ3v) is 3.93. The summed E-state index contributed by atoms with van der Waals surface area (Å²) in [7, 11) is 2.07. The van der Waals surface area contributed by atoms with Crippen LogP contribution in [0.3, 0.4) is 0 Å². The lowest BCUT2D eigenvalue weighted by molar-refractivity contribution is 0.383. The Morgan fingerprint density at radius 3 is 2.74 bits per heavy atom. The number of nitrogens with zero attached hydrogens (tertiary/aromatic N) is 3. The van der Waals surface area contributed by atoms with Crippen molar-refractivity contribution in [3.8, 4) is 0 Å². The molecule has 1 fully saturated rings. The van der Waals surface area contributed by atoms with Crippen molar-refractivity contribution >= 4 is 6.01 Å². The molecule has 1 unspecified atom stereocenters. The number of aromatic nitrogens is 2. The summed E-state index contributed by atoms with van der Waals surface area (Å²) in [4.78, 5) is 2.15. The van der Waals surface area contributed by atoms with Gasteiger partial charge in [0.1, 0.15) is 0 Å². The maximum atomic E-state index is 5.80. The van der Waals surface area contributed by atoms with Crippen molar-refractivity contribution in [2.24, 2.45) is 0 Å². The lowest BCUT2D eigenvalue weighted by Crippen LogP contribution is -2.33. The van der Waals surface area contributed by atoms with Crippen molar-refractivity contribution in [1.29, 1.82) is 0 Å². The SMILES string of the molecule is CCCNC(C)c1nnc(N(C)C2CCCCC2)o1. The Hall–Kier alpha value is -1.10. The van der Waals surface area contributed by atoms with Crippen LogP contribution in [0.2, 0.25) is 0 Å². The minimum absolute atomic E-state index is 0.126. The third kappa shape index (κ3) is 3.69. The van der Waals surface area contributed by atoms with E-state index < -0.39 is 0 Å². The first-order valence-electron chi connectivity index (χ1n) is 7.52. The van der Waals surface area contributed by atoms with E-state index in [1.54, 1.807) is 0 Å².